The van der Waals surface area contributed by atoms with E-state index in [1.54, 1.807) is 23.4 Å². The van der Waals surface area contributed by atoms with E-state index in [0.717, 1.165) is 11.4 Å². The molecule has 0 unspecified atom stereocenters. The number of anilines is 1. The van der Waals surface area contributed by atoms with Crippen LogP contribution in [0.1, 0.15) is 5.56 Å². The summed E-state index contributed by atoms with van der Waals surface area (Å²) < 4.78 is 6.97. The summed E-state index contributed by atoms with van der Waals surface area (Å²) in [5.41, 5.74) is 7.62. The van der Waals surface area contributed by atoms with Gasteiger partial charge in [0.15, 0.2) is 6.61 Å². The molecule has 0 aromatic carbocycles. The van der Waals surface area contributed by atoms with Crippen molar-refractivity contribution in [3.63, 3.8) is 0 Å². The lowest BCUT2D eigenvalue weighted by atomic mass is 10.1. The summed E-state index contributed by atoms with van der Waals surface area (Å²) >= 11 is 0. The standard InChI is InChI=1S/C22H19N7O3/c1-2-21(31)28-7-5-27(6-8-28)20-4-3-15(11-25-20)18-9-17(32-14-19(24)30)13-29-22(18)16(10-23)12-26-29/h1,3-4,9,11-13H,5-8,14H2,(H2,24,30). The Morgan fingerprint density at radius 2 is 2.00 bits per heavy atom. The summed E-state index contributed by atoms with van der Waals surface area (Å²) in [7, 11) is 0. The predicted molar refractivity (Wildman–Crippen MR) is 115 cm³/mol. The summed E-state index contributed by atoms with van der Waals surface area (Å²) in [5.74, 6) is 2.40. The van der Waals surface area contributed by atoms with E-state index in [9.17, 15) is 14.9 Å². The molecule has 10 nitrogen and oxygen atoms in total. The van der Waals surface area contributed by atoms with Crippen molar-refractivity contribution in [1.29, 1.82) is 5.26 Å². The van der Waals surface area contributed by atoms with Gasteiger partial charge < -0.3 is 20.3 Å². The van der Waals surface area contributed by atoms with E-state index in [4.69, 9.17) is 16.9 Å². The number of piperazine rings is 1. The van der Waals surface area contributed by atoms with Crippen LogP contribution >= 0.6 is 0 Å². The van der Waals surface area contributed by atoms with Crippen LogP contribution < -0.4 is 15.4 Å². The Hall–Kier alpha value is -4.57. The van der Waals surface area contributed by atoms with Crippen LogP contribution in [0.15, 0.2) is 36.8 Å². The summed E-state index contributed by atoms with van der Waals surface area (Å²) in [6.07, 6.45) is 9.95. The lowest BCUT2D eigenvalue weighted by molar-refractivity contribution is -0.125. The van der Waals surface area contributed by atoms with Gasteiger partial charge in [-0.3, -0.25) is 9.59 Å². The van der Waals surface area contributed by atoms with E-state index in [-0.39, 0.29) is 12.5 Å². The minimum Gasteiger partial charge on any atom is -0.482 e. The highest BCUT2D eigenvalue weighted by molar-refractivity contribution is 5.93. The highest BCUT2D eigenvalue weighted by Gasteiger charge is 2.21. The summed E-state index contributed by atoms with van der Waals surface area (Å²) in [5, 5.41) is 13.7. The molecule has 0 saturated carbocycles. The second-order valence-corrected chi connectivity index (χ2v) is 7.14. The summed E-state index contributed by atoms with van der Waals surface area (Å²) in [6, 6.07) is 7.63. The first-order valence-corrected chi connectivity index (χ1v) is 9.79. The van der Waals surface area contributed by atoms with E-state index in [1.807, 2.05) is 12.1 Å². The Morgan fingerprint density at radius 1 is 1.22 bits per heavy atom. The van der Waals surface area contributed by atoms with Crippen molar-refractivity contribution in [2.24, 2.45) is 5.73 Å². The largest absolute Gasteiger partial charge is 0.482 e. The van der Waals surface area contributed by atoms with Gasteiger partial charge in [0.1, 0.15) is 17.6 Å². The number of carbonyl (C=O) groups is 2. The first-order valence-electron chi connectivity index (χ1n) is 9.79. The zero-order valence-corrected chi connectivity index (χ0v) is 17.1. The number of carbonyl (C=O) groups excluding carboxylic acids is 2. The molecule has 3 aromatic heterocycles. The van der Waals surface area contributed by atoms with Crippen LogP contribution in [0.2, 0.25) is 0 Å². The van der Waals surface area contributed by atoms with Crippen LogP contribution in [-0.2, 0) is 9.59 Å². The van der Waals surface area contributed by atoms with Crippen LogP contribution in [-0.4, -0.2) is 64.1 Å². The smallest absolute Gasteiger partial charge is 0.298 e. The monoisotopic (exact) mass is 429 g/mol. The van der Waals surface area contributed by atoms with E-state index in [0.29, 0.717) is 48.6 Å². The number of nitrogens with two attached hydrogens (primary N) is 1. The quantitative estimate of drug-likeness (QED) is 0.582. The molecule has 2 N–H and O–H groups in total. The molecule has 2 amide bonds. The van der Waals surface area contributed by atoms with Crippen molar-refractivity contribution in [1.82, 2.24) is 19.5 Å². The van der Waals surface area contributed by atoms with E-state index in [2.05, 4.69) is 27.0 Å². The number of fused-ring (bicyclic) bond motifs is 1. The maximum atomic E-state index is 11.6. The summed E-state index contributed by atoms with van der Waals surface area (Å²) in [6.45, 7) is 2.05. The molecule has 0 aliphatic carbocycles. The predicted octanol–water partition coefficient (Wildman–Crippen LogP) is 0.414. The topological polar surface area (TPSA) is 130 Å². The molecule has 1 aliphatic rings. The van der Waals surface area contributed by atoms with Crippen molar-refractivity contribution in [2.75, 3.05) is 37.7 Å². The van der Waals surface area contributed by atoms with Crippen molar-refractivity contribution < 1.29 is 14.3 Å². The number of nitriles is 1. The van der Waals surface area contributed by atoms with Gasteiger partial charge in [0.25, 0.3) is 11.8 Å². The van der Waals surface area contributed by atoms with Gasteiger partial charge in [-0.1, -0.05) is 0 Å². The average molecular weight is 429 g/mol. The second-order valence-electron chi connectivity index (χ2n) is 7.14. The molecule has 0 atom stereocenters. The van der Waals surface area contributed by atoms with Gasteiger partial charge in [-0.2, -0.15) is 10.4 Å². The van der Waals surface area contributed by atoms with Crippen molar-refractivity contribution in [3.8, 4) is 35.3 Å². The highest BCUT2D eigenvalue weighted by Crippen LogP contribution is 2.31. The first-order chi connectivity index (χ1) is 15.5. The Balaban J connectivity index is 1.62. The van der Waals surface area contributed by atoms with Crippen molar-refractivity contribution >= 4 is 23.1 Å². The molecular formula is C22H19N7O3. The molecule has 1 saturated heterocycles. The summed E-state index contributed by atoms with van der Waals surface area (Å²) in [4.78, 5) is 31.0. The fourth-order valence-corrected chi connectivity index (χ4v) is 3.59. The molecule has 4 heterocycles. The number of hydrogen-bond acceptors (Lipinski definition) is 7. The fourth-order valence-electron chi connectivity index (χ4n) is 3.59. The molecule has 3 aromatic rings. The number of pyridine rings is 2. The maximum absolute atomic E-state index is 11.6. The molecule has 1 aliphatic heterocycles. The van der Waals surface area contributed by atoms with Crippen LogP contribution in [0.4, 0.5) is 5.82 Å². The lowest BCUT2D eigenvalue weighted by Gasteiger charge is -2.34. The molecule has 10 heteroatoms. The SMILES string of the molecule is C#CC(=O)N1CCN(c2ccc(-c3cc(OCC(N)=O)cn4ncc(C#N)c34)cn2)CC1. The number of rotatable bonds is 5. The molecule has 160 valence electrons. The van der Waals surface area contributed by atoms with Gasteiger partial charge >= 0.3 is 0 Å². The normalized spacial score (nSPS) is 13.4. The van der Waals surface area contributed by atoms with Gasteiger partial charge in [0.2, 0.25) is 0 Å². The van der Waals surface area contributed by atoms with Gasteiger partial charge in [0, 0.05) is 43.5 Å². The molecule has 0 spiro atoms. The average Bonchev–Trinajstić information content (AvgIpc) is 3.25. The number of primary amides is 1. The number of amides is 2. The second kappa shape index (κ2) is 8.66. The Bertz CT molecular complexity index is 1260. The zero-order chi connectivity index (χ0) is 22.7. The number of aromatic nitrogens is 3. The van der Waals surface area contributed by atoms with Gasteiger partial charge in [0.05, 0.1) is 23.5 Å². The third-order valence-corrected chi connectivity index (χ3v) is 5.16. The molecule has 0 radical (unpaired) electrons. The van der Waals surface area contributed by atoms with E-state index < -0.39 is 5.91 Å². The van der Waals surface area contributed by atoms with Gasteiger partial charge in [-0.25, -0.2) is 9.50 Å². The minimum absolute atomic E-state index is 0.275. The number of terminal acetylenes is 1. The number of nitrogens with zero attached hydrogens (tertiary/aromatic N) is 6. The Morgan fingerprint density at radius 3 is 2.62 bits per heavy atom. The maximum Gasteiger partial charge on any atom is 0.298 e. The van der Waals surface area contributed by atoms with Gasteiger partial charge in [-0.05, 0) is 24.1 Å². The zero-order valence-electron chi connectivity index (χ0n) is 17.1. The van der Waals surface area contributed by atoms with E-state index >= 15 is 0 Å². The van der Waals surface area contributed by atoms with Crippen molar-refractivity contribution in [3.05, 3.63) is 42.4 Å². The molecule has 4 rings (SSSR count). The fraction of sp³-hybridized carbons (Fsp3) is 0.227. The lowest BCUT2D eigenvalue weighted by Crippen LogP contribution is -2.48. The third-order valence-electron chi connectivity index (χ3n) is 5.16. The third kappa shape index (κ3) is 4.02. The van der Waals surface area contributed by atoms with Gasteiger partial charge in [-0.15, -0.1) is 6.42 Å². The number of hydrogen-bond donors (Lipinski definition) is 1. The Labute approximate surface area is 183 Å². The van der Waals surface area contributed by atoms with E-state index in [1.165, 1.54) is 10.7 Å². The molecule has 32 heavy (non-hydrogen) atoms. The van der Waals surface area contributed by atoms with Crippen LogP contribution in [0.5, 0.6) is 5.75 Å². The van der Waals surface area contributed by atoms with Crippen LogP contribution in [0.3, 0.4) is 0 Å². The van der Waals surface area contributed by atoms with Crippen LogP contribution in [0.25, 0.3) is 16.6 Å². The number of ether oxygens (including phenoxy) is 1. The van der Waals surface area contributed by atoms with Crippen LogP contribution in [0, 0.1) is 23.7 Å². The minimum atomic E-state index is -0.597. The van der Waals surface area contributed by atoms with Crippen molar-refractivity contribution in [2.45, 2.75) is 0 Å². The Kier molecular flexibility index (Phi) is 5.60. The molecule has 0 bridgehead atoms. The molecule has 1 fully saturated rings. The molecular weight excluding hydrogens is 410 g/mol. The highest BCUT2D eigenvalue weighted by atomic mass is 16.5. The first kappa shape index (κ1) is 20.7.